The van der Waals surface area contributed by atoms with Crippen molar-refractivity contribution < 1.29 is 9.50 Å². The van der Waals surface area contributed by atoms with Crippen LogP contribution in [0, 0.1) is 12.7 Å². The second-order valence-corrected chi connectivity index (χ2v) is 5.64. The van der Waals surface area contributed by atoms with E-state index in [0.717, 1.165) is 5.56 Å². The summed E-state index contributed by atoms with van der Waals surface area (Å²) in [5.74, 6) is 1.14. The number of rotatable bonds is 4. The van der Waals surface area contributed by atoms with Gasteiger partial charge in [0.2, 0.25) is 0 Å². The van der Waals surface area contributed by atoms with Crippen molar-refractivity contribution in [2.45, 2.75) is 46.3 Å². The maximum absolute atomic E-state index is 13.4. The van der Waals surface area contributed by atoms with Gasteiger partial charge in [0.1, 0.15) is 5.82 Å². The van der Waals surface area contributed by atoms with E-state index in [1.807, 2.05) is 6.92 Å². The molecule has 0 saturated carbocycles. The number of hydrogen-bond acceptors (Lipinski definition) is 3. The largest absolute Gasteiger partial charge is 0.389 e. The molecule has 1 aromatic heterocycles. The molecule has 5 heteroatoms. The van der Waals surface area contributed by atoms with Gasteiger partial charge in [0, 0.05) is 12.0 Å². The predicted molar refractivity (Wildman–Crippen MR) is 75.8 cm³/mol. The Morgan fingerprint density at radius 1 is 1.35 bits per heavy atom. The summed E-state index contributed by atoms with van der Waals surface area (Å²) in [6, 6.07) is 4.87. The van der Waals surface area contributed by atoms with Gasteiger partial charge in [0.15, 0.2) is 11.6 Å². The zero-order valence-electron chi connectivity index (χ0n) is 12.3. The zero-order valence-corrected chi connectivity index (χ0v) is 12.3. The number of aryl methyl sites for hydroxylation is 2. The summed E-state index contributed by atoms with van der Waals surface area (Å²) < 4.78 is 15.1. The third-order valence-corrected chi connectivity index (χ3v) is 2.98. The molecule has 0 saturated heterocycles. The molecule has 4 nitrogen and oxygen atoms in total. The summed E-state index contributed by atoms with van der Waals surface area (Å²) in [5, 5.41) is 14.4. The Labute approximate surface area is 118 Å². The molecule has 1 heterocycles. The molecule has 0 aliphatic heterocycles. The normalized spacial score (nSPS) is 11.9. The summed E-state index contributed by atoms with van der Waals surface area (Å²) in [6.45, 7) is 7.48. The fourth-order valence-corrected chi connectivity index (χ4v) is 2.01. The van der Waals surface area contributed by atoms with Gasteiger partial charge in [-0.05, 0) is 44.5 Å². The lowest BCUT2D eigenvalue weighted by Crippen LogP contribution is -2.27. The van der Waals surface area contributed by atoms with E-state index in [0.29, 0.717) is 30.2 Å². The van der Waals surface area contributed by atoms with Crippen molar-refractivity contribution >= 4 is 0 Å². The summed E-state index contributed by atoms with van der Waals surface area (Å²) >= 11 is 0. The van der Waals surface area contributed by atoms with Gasteiger partial charge in [0.25, 0.3) is 0 Å². The van der Waals surface area contributed by atoms with E-state index in [4.69, 9.17) is 0 Å². The molecule has 2 rings (SSSR count). The van der Waals surface area contributed by atoms with Gasteiger partial charge in [-0.3, -0.25) is 0 Å². The number of aliphatic hydroxyl groups is 1. The highest BCUT2D eigenvalue weighted by Crippen LogP contribution is 2.22. The van der Waals surface area contributed by atoms with Crippen LogP contribution >= 0.6 is 0 Å². The van der Waals surface area contributed by atoms with E-state index in [1.54, 1.807) is 37.6 Å². The van der Waals surface area contributed by atoms with Crippen LogP contribution in [0.15, 0.2) is 18.2 Å². The quantitative estimate of drug-likeness (QED) is 0.935. The smallest absolute Gasteiger partial charge is 0.158 e. The molecule has 20 heavy (non-hydrogen) atoms. The SMILES string of the molecule is CCc1nc(-c2ccc(F)c(C)c2)n(CC(C)(C)O)n1. The maximum Gasteiger partial charge on any atom is 0.158 e. The Kier molecular flexibility index (Phi) is 3.90. The van der Waals surface area contributed by atoms with E-state index >= 15 is 0 Å². The molecule has 2 aromatic rings. The van der Waals surface area contributed by atoms with Crippen LogP contribution < -0.4 is 0 Å². The van der Waals surface area contributed by atoms with Gasteiger partial charge in [-0.25, -0.2) is 14.1 Å². The molecular formula is C15H20FN3O. The molecular weight excluding hydrogens is 257 g/mol. The summed E-state index contributed by atoms with van der Waals surface area (Å²) in [4.78, 5) is 4.47. The van der Waals surface area contributed by atoms with Crippen LogP contribution in [0.3, 0.4) is 0 Å². The van der Waals surface area contributed by atoms with Crippen LogP contribution in [0.5, 0.6) is 0 Å². The lowest BCUT2D eigenvalue weighted by molar-refractivity contribution is 0.0581. The monoisotopic (exact) mass is 277 g/mol. The minimum absolute atomic E-state index is 0.238. The molecule has 0 radical (unpaired) electrons. The molecule has 0 bridgehead atoms. The number of nitrogens with zero attached hydrogens (tertiary/aromatic N) is 3. The fourth-order valence-electron chi connectivity index (χ4n) is 2.01. The topological polar surface area (TPSA) is 50.9 Å². The minimum Gasteiger partial charge on any atom is -0.389 e. The lowest BCUT2D eigenvalue weighted by Gasteiger charge is -2.18. The van der Waals surface area contributed by atoms with Crippen molar-refractivity contribution in [1.29, 1.82) is 0 Å². The van der Waals surface area contributed by atoms with Crippen molar-refractivity contribution in [3.63, 3.8) is 0 Å². The Bertz CT molecular complexity index is 614. The standard InChI is InChI=1S/C15H20FN3O/c1-5-13-17-14(19(18-13)9-15(3,4)20)11-6-7-12(16)10(2)8-11/h6-8,20H,5,9H2,1-4H3. The van der Waals surface area contributed by atoms with Crippen LogP contribution in [-0.4, -0.2) is 25.5 Å². The van der Waals surface area contributed by atoms with Gasteiger partial charge < -0.3 is 5.11 Å². The molecule has 0 unspecified atom stereocenters. The Morgan fingerprint density at radius 2 is 2.05 bits per heavy atom. The average Bonchev–Trinajstić information content (AvgIpc) is 2.73. The summed E-state index contributed by atoms with van der Waals surface area (Å²) in [7, 11) is 0. The van der Waals surface area contributed by atoms with Crippen LogP contribution in [0.2, 0.25) is 0 Å². The third kappa shape index (κ3) is 3.22. The first-order valence-electron chi connectivity index (χ1n) is 6.73. The second kappa shape index (κ2) is 5.32. The van der Waals surface area contributed by atoms with Crippen LogP contribution in [0.4, 0.5) is 4.39 Å². The predicted octanol–water partition coefficient (Wildman–Crippen LogP) is 2.73. The van der Waals surface area contributed by atoms with Gasteiger partial charge in [-0.15, -0.1) is 0 Å². The summed E-state index contributed by atoms with van der Waals surface area (Å²) in [6.07, 6.45) is 0.714. The highest BCUT2D eigenvalue weighted by Gasteiger charge is 2.19. The van der Waals surface area contributed by atoms with Crippen molar-refractivity contribution in [3.8, 4) is 11.4 Å². The second-order valence-electron chi connectivity index (χ2n) is 5.64. The van der Waals surface area contributed by atoms with Gasteiger partial charge in [-0.1, -0.05) is 6.92 Å². The van der Waals surface area contributed by atoms with Crippen molar-refractivity contribution in [1.82, 2.24) is 14.8 Å². The molecule has 0 amide bonds. The maximum atomic E-state index is 13.4. The van der Waals surface area contributed by atoms with Crippen molar-refractivity contribution in [3.05, 3.63) is 35.4 Å². The molecule has 0 fully saturated rings. The highest BCUT2D eigenvalue weighted by molar-refractivity contribution is 5.56. The zero-order chi connectivity index (χ0) is 14.9. The molecule has 0 aliphatic carbocycles. The first kappa shape index (κ1) is 14.7. The molecule has 108 valence electrons. The van der Waals surface area contributed by atoms with Crippen LogP contribution in [0.1, 0.15) is 32.2 Å². The number of benzene rings is 1. The Balaban J connectivity index is 2.48. The number of aromatic nitrogens is 3. The first-order chi connectivity index (χ1) is 9.30. The molecule has 1 N–H and O–H groups in total. The number of halogens is 1. The van der Waals surface area contributed by atoms with Crippen LogP contribution in [-0.2, 0) is 13.0 Å². The van der Waals surface area contributed by atoms with Gasteiger partial charge in [-0.2, -0.15) is 5.10 Å². The van der Waals surface area contributed by atoms with E-state index in [1.165, 1.54) is 6.07 Å². The van der Waals surface area contributed by atoms with E-state index < -0.39 is 5.60 Å². The minimum atomic E-state index is -0.886. The first-order valence-corrected chi connectivity index (χ1v) is 6.73. The Hall–Kier alpha value is -1.75. The average molecular weight is 277 g/mol. The summed E-state index contributed by atoms with van der Waals surface area (Å²) in [5.41, 5.74) is 0.487. The van der Waals surface area contributed by atoms with E-state index in [-0.39, 0.29) is 5.82 Å². The molecule has 1 aromatic carbocycles. The van der Waals surface area contributed by atoms with Gasteiger partial charge in [0.05, 0.1) is 12.1 Å². The van der Waals surface area contributed by atoms with Crippen LogP contribution in [0.25, 0.3) is 11.4 Å². The molecule has 0 aliphatic rings. The fraction of sp³-hybridized carbons (Fsp3) is 0.467. The lowest BCUT2D eigenvalue weighted by atomic mass is 10.1. The third-order valence-electron chi connectivity index (χ3n) is 2.98. The van der Waals surface area contributed by atoms with Gasteiger partial charge >= 0.3 is 0 Å². The molecule has 0 spiro atoms. The molecule has 0 atom stereocenters. The highest BCUT2D eigenvalue weighted by atomic mass is 19.1. The van der Waals surface area contributed by atoms with Crippen molar-refractivity contribution in [2.75, 3.05) is 0 Å². The van der Waals surface area contributed by atoms with E-state index in [2.05, 4.69) is 10.1 Å². The Morgan fingerprint density at radius 3 is 2.60 bits per heavy atom. The van der Waals surface area contributed by atoms with Crippen molar-refractivity contribution in [2.24, 2.45) is 0 Å². The van der Waals surface area contributed by atoms with E-state index in [9.17, 15) is 9.50 Å². The number of hydrogen-bond donors (Lipinski definition) is 1.